The summed E-state index contributed by atoms with van der Waals surface area (Å²) in [5, 5.41) is 0. The van der Waals surface area contributed by atoms with E-state index in [0.717, 1.165) is 6.08 Å². The molecule has 90 valence electrons. The smallest absolute Gasteiger partial charge is 0.184 e. The molecule has 3 nitrogen and oxygen atoms in total. The van der Waals surface area contributed by atoms with E-state index in [0.29, 0.717) is 0 Å². The van der Waals surface area contributed by atoms with E-state index in [2.05, 4.69) is 0 Å². The van der Waals surface area contributed by atoms with Crippen molar-refractivity contribution in [3.63, 3.8) is 0 Å². The fourth-order valence-electron chi connectivity index (χ4n) is 1.08. The van der Waals surface area contributed by atoms with E-state index >= 15 is 0 Å². The molecule has 16 heavy (non-hydrogen) atoms. The minimum Gasteiger partial charge on any atom is -0.327 e. The van der Waals surface area contributed by atoms with E-state index in [1.165, 1.54) is 12.1 Å². The molecule has 0 saturated heterocycles. The quantitative estimate of drug-likeness (QED) is 0.901. The maximum absolute atomic E-state index is 13.0. The van der Waals surface area contributed by atoms with Crippen LogP contribution in [-0.2, 0) is 9.84 Å². The summed E-state index contributed by atoms with van der Waals surface area (Å²) in [6.07, 6.45) is 1.06. The van der Waals surface area contributed by atoms with Gasteiger partial charge in [-0.3, -0.25) is 0 Å². The number of sulfone groups is 1. The fraction of sp³-hybridized carbons (Fsp3) is 0.200. The predicted molar refractivity (Wildman–Crippen MR) is 64.0 cm³/mol. The molecule has 0 saturated carbocycles. The Kier molecular flexibility index (Phi) is 6.25. The first kappa shape index (κ1) is 15.1. The van der Waals surface area contributed by atoms with Gasteiger partial charge in [-0.25, -0.2) is 12.8 Å². The first-order valence-corrected chi connectivity index (χ1v) is 6.04. The molecule has 0 atom stereocenters. The highest BCUT2D eigenvalue weighted by molar-refractivity contribution is 7.91. The zero-order valence-corrected chi connectivity index (χ0v) is 10.1. The largest absolute Gasteiger partial charge is 0.327 e. The van der Waals surface area contributed by atoms with Crippen LogP contribution in [0.5, 0.6) is 0 Å². The molecule has 0 heterocycles. The average Bonchev–Trinajstić information content (AvgIpc) is 2.18. The topological polar surface area (TPSA) is 60.2 Å². The third-order valence-corrected chi connectivity index (χ3v) is 3.42. The highest BCUT2D eigenvalue weighted by Gasteiger charge is 2.15. The lowest BCUT2D eigenvalue weighted by atomic mass is 10.4. The molecule has 1 aromatic rings. The molecule has 0 aromatic heterocycles. The second-order valence-electron chi connectivity index (χ2n) is 2.96. The van der Waals surface area contributed by atoms with E-state index in [1.807, 2.05) is 0 Å². The monoisotopic (exact) mass is 265 g/mol. The zero-order valence-electron chi connectivity index (χ0n) is 8.47. The Morgan fingerprint density at radius 1 is 1.31 bits per heavy atom. The van der Waals surface area contributed by atoms with Crippen LogP contribution in [0.3, 0.4) is 0 Å². The number of benzene rings is 1. The van der Waals surface area contributed by atoms with Gasteiger partial charge in [-0.2, -0.15) is 0 Å². The van der Waals surface area contributed by atoms with Crippen LogP contribution in [0.1, 0.15) is 0 Å². The number of hydrogen-bond acceptors (Lipinski definition) is 3. The number of halogens is 2. The molecule has 2 N–H and O–H groups in total. The molecule has 6 heteroatoms. The van der Waals surface area contributed by atoms with E-state index in [-0.39, 0.29) is 23.8 Å². The lowest BCUT2D eigenvalue weighted by Crippen LogP contribution is -2.08. The van der Waals surface area contributed by atoms with Crippen LogP contribution in [0.2, 0.25) is 0 Å². The molecule has 0 spiro atoms. The first-order chi connectivity index (χ1) is 7.06. The van der Waals surface area contributed by atoms with Crippen molar-refractivity contribution in [2.24, 2.45) is 5.73 Å². The van der Waals surface area contributed by atoms with Crippen LogP contribution in [0.4, 0.5) is 4.39 Å². The summed E-state index contributed by atoms with van der Waals surface area (Å²) in [6.45, 7) is -0.00383. The standard InChI is InChI=1S/C10H12FNO2S.ClH/c11-9(6-7-12)8-15(13,14)10-4-2-1-3-5-10;/h1-6H,7-8,12H2;1H/b9-6-;. The lowest BCUT2D eigenvalue weighted by molar-refractivity contribution is 0.583. The maximum Gasteiger partial charge on any atom is 0.184 e. The van der Waals surface area contributed by atoms with Crippen molar-refractivity contribution in [1.29, 1.82) is 0 Å². The van der Waals surface area contributed by atoms with Crippen LogP contribution in [-0.4, -0.2) is 20.7 Å². The molecular weight excluding hydrogens is 253 g/mol. The van der Waals surface area contributed by atoms with Crippen molar-refractivity contribution in [3.8, 4) is 0 Å². The molecule has 0 aliphatic heterocycles. The van der Waals surface area contributed by atoms with Crippen molar-refractivity contribution in [1.82, 2.24) is 0 Å². The minimum atomic E-state index is -3.58. The summed E-state index contributed by atoms with van der Waals surface area (Å²) < 4.78 is 36.2. The van der Waals surface area contributed by atoms with Gasteiger partial charge in [-0.05, 0) is 18.2 Å². The zero-order chi connectivity index (χ0) is 11.3. The average molecular weight is 266 g/mol. The molecule has 1 rings (SSSR count). The van der Waals surface area contributed by atoms with E-state index in [9.17, 15) is 12.8 Å². The van der Waals surface area contributed by atoms with Gasteiger partial charge in [0.15, 0.2) is 9.84 Å². The molecule has 0 bridgehead atoms. The Morgan fingerprint density at radius 2 is 1.88 bits per heavy atom. The van der Waals surface area contributed by atoms with Gasteiger partial charge in [0.2, 0.25) is 0 Å². The number of rotatable bonds is 4. The molecule has 0 radical (unpaired) electrons. The van der Waals surface area contributed by atoms with Crippen LogP contribution in [0.15, 0.2) is 47.1 Å². The van der Waals surface area contributed by atoms with Gasteiger partial charge in [0, 0.05) is 6.54 Å². The van der Waals surface area contributed by atoms with Crippen LogP contribution >= 0.6 is 12.4 Å². The highest BCUT2D eigenvalue weighted by atomic mass is 35.5. The molecule has 0 amide bonds. The van der Waals surface area contributed by atoms with Gasteiger partial charge in [0.05, 0.1) is 4.90 Å². The van der Waals surface area contributed by atoms with Crippen molar-refractivity contribution in [2.75, 3.05) is 12.3 Å². The van der Waals surface area contributed by atoms with Gasteiger partial charge < -0.3 is 5.73 Å². The van der Waals surface area contributed by atoms with Crippen molar-refractivity contribution >= 4 is 22.2 Å². The van der Waals surface area contributed by atoms with Crippen LogP contribution in [0.25, 0.3) is 0 Å². The minimum absolute atomic E-state index is 0. The highest BCUT2D eigenvalue weighted by Crippen LogP contribution is 2.13. The van der Waals surface area contributed by atoms with E-state index < -0.39 is 21.4 Å². The Hall–Kier alpha value is -0.910. The Bertz CT molecular complexity index is 445. The molecule has 0 aliphatic rings. The summed E-state index contributed by atoms with van der Waals surface area (Å²) in [5.74, 6) is -1.35. The first-order valence-electron chi connectivity index (χ1n) is 4.38. The molecule has 0 fully saturated rings. The molecular formula is C10H13ClFNO2S. The van der Waals surface area contributed by atoms with Crippen molar-refractivity contribution in [3.05, 3.63) is 42.2 Å². The van der Waals surface area contributed by atoms with Crippen LogP contribution < -0.4 is 5.73 Å². The maximum atomic E-state index is 13.0. The molecule has 0 unspecified atom stereocenters. The normalized spacial score (nSPS) is 12.0. The Balaban J connectivity index is 0.00000225. The summed E-state index contributed by atoms with van der Waals surface area (Å²) in [6, 6.07) is 7.76. The van der Waals surface area contributed by atoms with Crippen molar-refractivity contribution < 1.29 is 12.8 Å². The molecule has 0 aliphatic carbocycles. The third-order valence-electron chi connectivity index (χ3n) is 1.77. The second kappa shape index (κ2) is 6.62. The van der Waals surface area contributed by atoms with Gasteiger partial charge in [0.25, 0.3) is 0 Å². The number of nitrogens with two attached hydrogens (primary N) is 1. The number of hydrogen-bond donors (Lipinski definition) is 1. The van der Waals surface area contributed by atoms with E-state index in [4.69, 9.17) is 5.73 Å². The van der Waals surface area contributed by atoms with Crippen LogP contribution in [0, 0.1) is 0 Å². The SMILES string of the molecule is Cl.NC/C=C(\F)CS(=O)(=O)c1ccccc1. The second-order valence-corrected chi connectivity index (χ2v) is 4.95. The summed E-state index contributed by atoms with van der Waals surface area (Å²) >= 11 is 0. The predicted octanol–water partition coefficient (Wildman–Crippen LogP) is 1.69. The van der Waals surface area contributed by atoms with E-state index in [1.54, 1.807) is 18.2 Å². The van der Waals surface area contributed by atoms with Gasteiger partial charge in [-0.1, -0.05) is 18.2 Å². The summed E-state index contributed by atoms with van der Waals surface area (Å²) in [7, 11) is -3.58. The van der Waals surface area contributed by atoms with Gasteiger partial charge in [0.1, 0.15) is 11.6 Å². The molecule has 1 aromatic carbocycles. The Morgan fingerprint density at radius 3 is 2.38 bits per heavy atom. The van der Waals surface area contributed by atoms with Gasteiger partial charge >= 0.3 is 0 Å². The Labute approximate surface area is 100 Å². The van der Waals surface area contributed by atoms with Crippen molar-refractivity contribution in [2.45, 2.75) is 4.90 Å². The lowest BCUT2D eigenvalue weighted by Gasteiger charge is -2.01. The van der Waals surface area contributed by atoms with Gasteiger partial charge in [-0.15, -0.1) is 12.4 Å². The third kappa shape index (κ3) is 4.30. The summed E-state index contributed by atoms with van der Waals surface area (Å²) in [5.41, 5.74) is 5.08. The fourth-order valence-corrected chi connectivity index (χ4v) is 2.30. The summed E-state index contributed by atoms with van der Waals surface area (Å²) in [4.78, 5) is 0.116.